The maximum absolute atomic E-state index is 13.5. The fourth-order valence-electron chi connectivity index (χ4n) is 4.08. The van der Waals surface area contributed by atoms with Crippen molar-refractivity contribution in [1.82, 2.24) is 4.90 Å². The third-order valence-electron chi connectivity index (χ3n) is 5.80. The summed E-state index contributed by atoms with van der Waals surface area (Å²) in [5.41, 5.74) is 2.53. The van der Waals surface area contributed by atoms with Gasteiger partial charge in [0.05, 0.1) is 27.4 Å². The van der Waals surface area contributed by atoms with Crippen LogP contribution in [0.25, 0.3) is 0 Å². The van der Waals surface area contributed by atoms with Crippen molar-refractivity contribution in [2.75, 3.05) is 34.5 Å². The Balaban J connectivity index is 1.70. The van der Waals surface area contributed by atoms with Gasteiger partial charge in [0.1, 0.15) is 23.9 Å². The van der Waals surface area contributed by atoms with E-state index in [2.05, 4.69) is 0 Å². The van der Waals surface area contributed by atoms with E-state index in [4.69, 9.17) is 18.9 Å². The number of fused-ring (bicyclic) bond motifs is 1. The summed E-state index contributed by atoms with van der Waals surface area (Å²) >= 11 is 0. The van der Waals surface area contributed by atoms with Crippen molar-refractivity contribution < 1.29 is 28.1 Å². The molecule has 4 rings (SSSR count). The molecule has 0 fully saturated rings. The van der Waals surface area contributed by atoms with Gasteiger partial charge in [0.25, 0.3) is 5.91 Å². The number of carbonyl (C=O) groups excluding carboxylic acids is 1. The third-order valence-corrected chi connectivity index (χ3v) is 5.80. The molecule has 1 aliphatic rings. The van der Waals surface area contributed by atoms with Crippen molar-refractivity contribution >= 4 is 5.91 Å². The second kappa shape index (κ2) is 9.81. The van der Waals surface area contributed by atoms with Crippen LogP contribution >= 0.6 is 0 Å². The number of hydrogen-bond donors (Lipinski definition) is 0. The van der Waals surface area contributed by atoms with E-state index in [0.717, 1.165) is 11.1 Å². The third kappa shape index (κ3) is 4.72. The Morgan fingerprint density at radius 3 is 2.36 bits per heavy atom. The molecular formula is C26H26FNO5. The summed E-state index contributed by atoms with van der Waals surface area (Å²) in [6.45, 7) is 0.708. The second-order valence-electron chi connectivity index (χ2n) is 7.67. The quantitative estimate of drug-likeness (QED) is 0.523. The summed E-state index contributed by atoms with van der Waals surface area (Å²) in [5.74, 6) is 1.90. The highest BCUT2D eigenvalue weighted by Crippen LogP contribution is 2.39. The fraction of sp³-hybridized carbons (Fsp3) is 0.269. The number of methoxy groups -OCH3 is 3. The first-order valence-corrected chi connectivity index (χ1v) is 10.6. The molecule has 1 aliphatic heterocycles. The van der Waals surface area contributed by atoms with Crippen LogP contribution in [0.4, 0.5) is 4.39 Å². The highest BCUT2D eigenvalue weighted by atomic mass is 19.1. The van der Waals surface area contributed by atoms with Crippen molar-refractivity contribution in [3.63, 3.8) is 0 Å². The number of ether oxygens (including phenoxy) is 4. The van der Waals surface area contributed by atoms with E-state index in [1.165, 1.54) is 12.1 Å². The Labute approximate surface area is 192 Å². The number of benzene rings is 3. The van der Waals surface area contributed by atoms with Crippen LogP contribution in [-0.4, -0.2) is 45.3 Å². The molecule has 3 aromatic rings. The summed E-state index contributed by atoms with van der Waals surface area (Å²) in [6.07, 6.45) is 0.665. The van der Waals surface area contributed by atoms with Crippen molar-refractivity contribution in [1.29, 1.82) is 0 Å². The van der Waals surface area contributed by atoms with E-state index in [1.54, 1.807) is 62.6 Å². The van der Waals surface area contributed by atoms with Crippen LogP contribution in [0.1, 0.15) is 27.5 Å². The molecular weight excluding hydrogens is 425 g/mol. The number of amides is 1. The van der Waals surface area contributed by atoms with E-state index in [-0.39, 0.29) is 24.4 Å². The predicted molar refractivity (Wildman–Crippen MR) is 122 cm³/mol. The molecule has 33 heavy (non-hydrogen) atoms. The van der Waals surface area contributed by atoms with Gasteiger partial charge in [0, 0.05) is 12.1 Å². The van der Waals surface area contributed by atoms with Crippen LogP contribution in [0.2, 0.25) is 0 Å². The molecule has 0 saturated heterocycles. The molecule has 1 heterocycles. The summed E-state index contributed by atoms with van der Waals surface area (Å²) in [7, 11) is 4.75. The lowest BCUT2D eigenvalue weighted by atomic mass is 9.91. The molecule has 0 N–H and O–H groups in total. The number of carbonyl (C=O) groups is 1. The van der Waals surface area contributed by atoms with Crippen LogP contribution in [-0.2, 0) is 6.42 Å². The molecule has 172 valence electrons. The lowest BCUT2D eigenvalue weighted by Crippen LogP contribution is -2.42. The molecule has 1 amide bonds. The molecule has 0 spiro atoms. The molecule has 0 bridgehead atoms. The number of hydrogen-bond acceptors (Lipinski definition) is 5. The Hall–Kier alpha value is -3.74. The van der Waals surface area contributed by atoms with Crippen LogP contribution in [0, 0.1) is 5.82 Å². The Morgan fingerprint density at radius 2 is 1.67 bits per heavy atom. The average molecular weight is 451 g/mol. The van der Waals surface area contributed by atoms with E-state index in [0.29, 0.717) is 41.5 Å². The van der Waals surface area contributed by atoms with Gasteiger partial charge in [-0.2, -0.15) is 0 Å². The van der Waals surface area contributed by atoms with Crippen molar-refractivity contribution in [3.05, 3.63) is 83.2 Å². The lowest BCUT2D eigenvalue weighted by molar-refractivity contribution is 0.0589. The Morgan fingerprint density at radius 1 is 0.939 bits per heavy atom. The maximum atomic E-state index is 13.5. The minimum absolute atomic E-state index is 0.123. The van der Waals surface area contributed by atoms with E-state index < -0.39 is 0 Å². The first kappa shape index (κ1) is 22.5. The van der Waals surface area contributed by atoms with Gasteiger partial charge in [-0.15, -0.1) is 0 Å². The molecule has 0 aliphatic carbocycles. The van der Waals surface area contributed by atoms with Crippen LogP contribution in [0.15, 0.2) is 60.7 Å². The van der Waals surface area contributed by atoms with Gasteiger partial charge < -0.3 is 23.8 Å². The smallest absolute Gasteiger partial charge is 0.254 e. The monoisotopic (exact) mass is 451 g/mol. The van der Waals surface area contributed by atoms with E-state index in [9.17, 15) is 9.18 Å². The lowest BCUT2D eigenvalue weighted by Gasteiger charge is -2.37. The number of rotatable bonds is 7. The molecule has 7 heteroatoms. The summed E-state index contributed by atoms with van der Waals surface area (Å²) < 4.78 is 35.6. The Bertz CT molecular complexity index is 1130. The zero-order chi connectivity index (χ0) is 23.4. The Kier molecular flexibility index (Phi) is 6.68. The molecule has 0 saturated carbocycles. The topological polar surface area (TPSA) is 57.2 Å². The maximum Gasteiger partial charge on any atom is 0.254 e. The fourth-order valence-corrected chi connectivity index (χ4v) is 4.08. The first-order valence-electron chi connectivity index (χ1n) is 10.6. The number of nitrogens with zero attached hydrogens (tertiary/aromatic N) is 1. The second-order valence-corrected chi connectivity index (χ2v) is 7.67. The van der Waals surface area contributed by atoms with E-state index in [1.807, 2.05) is 12.1 Å². The first-order chi connectivity index (χ1) is 16.0. The minimum Gasteiger partial charge on any atom is -0.497 e. The summed E-state index contributed by atoms with van der Waals surface area (Å²) in [4.78, 5) is 15.3. The average Bonchev–Trinajstić information content (AvgIpc) is 2.86. The zero-order valence-corrected chi connectivity index (χ0v) is 18.8. The highest BCUT2D eigenvalue weighted by molar-refractivity contribution is 5.95. The SMILES string of the molecule is COc1cccc(C(=O)N2CCc3cc(OC)c(OC)cc3[C@H]2COc2ccc(F)cc2)c1. The van der Waals surface area contributed by atoms with Gasteiger partial charge in [0.2, 0.25) is 0 Å². The van der Waals surface area contributed by atoms with Gasteiger partial charge in [-0.05, 0) is 72.1 Å². The molecule has 6 nitrogen and oxygen atoms in total. The van der Waals surface area contributed by atoms with E-state index >= 15 is 0 Å². The summed E-state index contributed by atoms with van der Waals surface area (Å²) in [5, 5.41) is 0. The molecule has 0 unspecified atom stereocenters. The largest absolute Gasteiger partial charge is 0.497 e. The standard InChI is InChI=1S/C26H26FNO5/c1-30-21-6-4-5-18(13-21)26(29)28-12-11-17-14-24(31-2)25(32-3)15-22(17)23(28)16-33-20-9-7-19(27)8-10-20/h4-10,13-15,23H,11-12,16H2,1-3H3/t23-/m1/s1. The van der Waals surface area contributed by atoms with Crippen LogP contribution < -0.4 is 18.9 Å². The van der Waals surface area contributed by atoms with Gasteiger partial charge in [-0.3, -0.25) is 4.79 Å². The highest BCUT2D eigenvalue weighted by Gasteiger charge is 2.33. The molecule has 1 atom stereocenters. The predicted octanol–water partition coefficient (Wildman–Crippen LogP) is 4.67. The van der Waals surface area contributed by atoms with Gasteiger partial charge >= 0.3 is 0 Å². The van der Waals surface area contributed by atoms with Gasteiger partial charge in [0.15, 0.2) is 11.5 Å². The normalized spacial score (nSPS) is 14.9. The zero-order valence-electron chi connectivity index (χ0n) is 18.8. The molecule has 0 radical (unpaired) electrons. The number of halogens is 1. The summed E-state index contributed by atoms with van der Waals surface area (Å²) in [6, 6.07) is 16.4. The van der Waals surface area contributed by atoms with Gasteiger partial charge in [-0.25, -0.2) is 4.39 Å². The minimum atomic E-state index is -0.377. The van der Waals surface area contributed by atoms with Crippen LogP contribution in [0.5, 0.6) is 23.0 Å². The van der Waals surface area contributed by atoms with Crippen molar-refractivity contribution in [2.24, 2.45) is 0 Å². The van der Waals surface area contributed by atoms with Gasteiger partial charge in [-0.1, -0.05) is 6.07 Å². The molecule has 3 aromatic carbocycles. The van der Waals surface area contributed by atoms with Crippen LogP contribution in [0.3, 0.4) is 0 Å². The molecule has 0 aromatic heterocycles. The van der Waals surface area contributed by atoms with Crippen molar-refractivity contribution in [3.8, 4) is 23.0 Å². The van der Waals surface area contributed by atoms with Crippen molar-refractivity contribution in [2.45, 2.75) is 12.5 Å².